The van der Waals surface area contributed by atoms with Crippen molar-refractivity contribution >= 4 is 37.1 Å². The maximum Gasteiger partial charge on any atom is 0.293 e. The normalized spacial score (nSPS) is 13.4. The van der Waals surface area contributed by atoms with Crippen LogP contribution in [0.1, 0.15) is 67.8 Å². The number of hydrogen-bond acceptors (Lipinski definition) is 6. The van der Waals surface area contributed by atoms with E-state index in [1.165, 1.54) is 16.7 Å². The fraction of sp³-hybridized carbons (Fsp3) is 0.333. The highest BCUT2D eigenvalue weighted by molar-refractivity contribution is 6.85. The lowest BCUT2D eigenvalue weighted by Gasteiger charge is -2.47. The summed E-state index contributed by atoms with van der Waals surface area (Å²) in [4.78, 5) is 39.0. The highest BCUT2D eigenvalue weighted by Crippen LogP contribution is 2.48. The predicted octanol–water partition coefficient (Wildman–Crippen LogP) is 7.69. The molecule has 0 radical (unpaired) electrons. The summed E-state index contributed by atoms with van der Waals surface area (Å²) in [5, 5.41) is 15.1. The summed E-state index contributed by atoms with van der Waals surface area (Å²) in [6.07, 6.45) is 0. The minimum absolute atomic E-state index is 0.0979. The van der Waals surface area contributed by atoms with Gasteiger partial charge in [-0.1, -0.05) is 71.9 Å². The number of anilines is 2. The molecule has 0 saturated heterocycles. The number of benzene rings is 3. The maximum absolute atomic E-state index is 13.8. The van der Waals surface area contributed by atoms with Gasteiger partial charge in [-0.3, -0.25) is 19.7 Å². The number of ether oxygens (including phenoxy) is 1. The van der Waals surface area contributed by atoms with Gasteiger partial charge in [-0.2, -0.15) is 0 Å². The van der Waals surface area contributed by atoms with Crippen LogP contribution in [0.2, 0.25) is 16.6 Å². The predicted molar refractivity (Wildman–Crippen MR) is 155 cm³/mol. The van der Waals surface area contributed by atoms with Gasteiger partial charge in [-0.15, -0.1) is 0 Å². The molecule has 204 valence electrons. The van der Waals surface area contributed by atoms with Crippen LogP contribution in [0.15, 0.2) is 66.7 Å². The third kappa shape index (κ3) is 5.06. The number of nitro benzene ring substituents is 1. The average Bonchev–Trinajstić information content (AvgIpc) is 3.13. The second-order valence-corrected chi connectivity index (χ2v) is 16.6. The summed E-state index contributed by atoms with van der Waals surface area (Å²) in [5.74, 6) is -0.130. The van der Waals surface area contributed by atoms with E-state index in [2.05, 4.69) is 46.9 Å². The van der Waals surface area contributed by atoms with Gasteiger partial charge in [-0.25, -0.2) is 0 Å². The highest BCUT2D eigenvalue weighted by atomic mass is 28.3. The molecule has 0 unspecified atom stereocenters. The number of nitrogens with one attached hydrogen (secondary N) is 1. The first-order valence-electron chi connectivity index (χ1n) is 13.2. The molecule has 1 heterocycles. The maximum atomic E-state index is 13.8. The molecule has 0 fully saturated rings. The van der Waals surface area contributed by atoms with Gasteiger partial charge in [0.2, 0.25) is 0 Å². The lowest BCUT2D eigenvalue weighted by atomic mass is 10.1. The lowest BCUT2D eigenvalue weighted by Crippen LogP contribution is -2.62. The first kappa shape index (κ1) is 28.0. The minimum Gasteiger partial charge on any atom is -0.489 e. The molecule has 9 heteroatoms. The van der Waals surface area contributed by atoms with E-state index in [-0.39, 0.29) is 45.0 Å². The quantitative estimate of drug-likeness (QED) is 0.121. The Morgan fingerprint density at radius 2 is 1.38 bits per heavy atom. The van der Waals surface area contributed by atoms with E-state index in [0.717, 1.165) is 5.56 Å². The molecule has 4 rings (SSSR count). The molecule has 0 saturated carbocycles. The summed E-state index contributed by atoms with van der Waals surface area (Å²) < 4.78 is 7.32. The van der Waals surface area contributed by atoms with E-state index in [9.17, 15) is 19.7 Å². The number of amides is 2. The molecule has 1 aliphatic rings. The fourth-order valence-electron chi connectivity index (χ4n) is 6.18. The second kappa shape index (κ2) is 11.0. The monoisotopic (exact) mass is 545 g/mol. The second-order valence-electron chi connectivity index (χ2n) is 10.9. The van der Waals surface area contributed by atoms with Crippen molar-refractivity contribution in [3.05, 3.63) is 93.5 Å². The number of carbonyl (C=O) groups is 2. The van der Waals surface area contributed by atoms with Gasteiger partial charge >= 0.3 is 0 Å². The van der Waals surface area contributed by atoms with Crippen LogP contribution in [0.25, 0.3) is 0 Å². The van der Waals surface area contributed by atoms with Crippen LogP contribution in [0.5, 0.6) is 5.75 Å². The van der Waals surface area contributed by atoms with Crippen molar-refractivity contribution in [3.8, 4) is 5.75 Å². The van der Waals surface area contributed by atoms with Gasteiger partial charge in [0.15, 0.2) is 8.24 Å². The summed E-state index contributed by atoms with van der Waals surface area (Å²) in [6.45, 7) is 12.8. The number of hydrogen-bond donors (Lipinski definition) is 1. The Morgan fingerprint density at radius 1 is 0.846 bits per heavy atom. The molecule has 0 aliphatic carbocycles. The first-order chi connectivity index (χ1) is 18.5. The zero-order valence-electron chi connectivity index (χ0n) is 23.2. The molecule has 0 spiro atoms. The Balaban J connectivity index is 1.65. The van der Waals surface area contributed by atoms with Crippen LogP contribution in [0.3, 0.4) is 0 Å². The van der Waals surface area contributed by atoms with Gasteiger partial charge in [0.05, 0.1) is 16.1 Å². The first-order valence-corrected chi connectivity index (χ1v) is 15.4. The van der Waals surface area contributed by atoms with Crippen molar-refractivity contribution in [2.24, 2.45) is 0 Å². The van der Waals surface area contributed by atoms with E-state index in [4.69, 9.17) is 4.74 Å². The minimum atomic E-state index is -2.66. The van der Waals surface area contributed by atoms with Crippen molar-refractivity contribution in [2.75, 3.05) is 5.32 Å². The van der Waals surface area contributed by atoms with Crippen LogP contribution in [0, 0.1) is 10.1 Å². The number of imide groups is 1. The Hall–Kier alpha value is -3.98. The molecule has 8 nitrogen and oxygen atoms in total. The zero-order chi connectivity index (χ0) is 28.5. The fourth-order valence-corrected chi connectivity index (χ4v) is 12.7. The number of fused-ring (bicyclic) bond motifs is 1. The van der Waals surface area contributed by atoms with Gasteiger partial charge < -0.3 is 14.6 Å². The summed E-state index contributed by atoms with van der Waals surface area (Å²) in [5.41, 5.74) is 2.20. The van der Waals surface area contributed by atoms with E-state index < -0.39 is 19.1 Å². The molecule has 1 aliphatic heterocycles. The molecule has 2 amide bonds. The van der Waals surface area contributed by atoms with Crippen LogP contribution >= 0.6 is 0 Å². The van der Waals surface area contributed by atoms with Gasteiger partial charge in [0.1, 0.15) is 18.0 Å². The van der Waals surface area contributed by atoms with Crippen molar-refractivity contribution < 1.29 is 19.2 Å². The van der Waals surface area contributed by atoms with Crippen molar-refractivity contribution in [1.29, 1.82) is 0 Å². The molecule has 1 N–H and O–H groups in total. The Labute approximate surface area is 230 Å². The molecular weight excluding hydrogens is 510 g/mol. The van der Waals surface area contributed by atoms with Crippen LogP contribution in [-0.2, 0) is 6.61 Å². The van der Waals surface area contributed by atoms with Crippen molar-refractivity contribution in [3.63, 3.8) is 0 Å². The molecule has 0 aromatic heterocycles. The van der Waals surface area contributed by atoms with Gasteiger partial charge in [0.25, 0.3) is 17.5 Å². The Kier molecular flexibility index (Phi) is 7.92. The van der Waals surface area contributed by atoms with Gasteiger partial charge in [0, 0.05) is 11.8 Å². The largest absolute Gasteiger partial charge is 0.489 e. The highest BCUT2D eigenvalue weighted by Gasteiger charge is 2.56. The number of nitro groups is 1. The standard InChI is InChI=1S/C30H35N3O5Si/c1-19(2)39(20(3)4,21(5)6)32-29(34)25-16-27(28(33(36)37)17-26(25)30(32)35)31-23-12-14-24(15-13-23)38-18-22-10-8-7-9-11-22/h7-17,19-21,31H,18H2,1-6H3. The van der Waals surface area contributed by atoms with E-state index in [0.29, 0.717) is 18.0 Å². The zero-order valence-corrected chi connectivity index (χ0v) is 24.2. The van der Waals surface area contributed by atoms with Crippen LogP contribution in [0.4, 0.5) is 17.1 Å². The molecule has 0 atom stereocenters. The van der Waals surface area contributed by atoms with E-state index in [1.807, 2.05) is 30.3 Å². The molecular formula is C30H35N3O5Si. The van der Waals surface area contributed by atoms with Crippen molar-refractivity contribution in [2.45, 2.75) is 64.8 Å². The topological polar surface area (TPSA) is 102 Å². The average molecular weight is 546 g/mol. The van der Waals surface area contributed by atoms with Crippen LogP contribution < -0.4 is 10.1 Å². The molecule has 0 bridgehead atoms. The van der Waals surface area contributed by atoms with Gasteiger partial charge in [-0.05, 0) is 52.5 Å². The number of carbonyl (C=O) groups excluding carboxylic acids is 2. The van der Waals surface area contributed by atoms with E-state index >= 15 is 0 Å². The molecule has 3 aromatic carbocycles. The lowest BCUT2D eigenvalue weighted by molar-refractivity contribution is -0.383. The van der Waals surface area contributed by atoms with Crippen molar-refractivity contribution in [1.82, 2.24) is 4.57 Å². The smallest absolute Gasteiger partial charge is 0.293 e. The molecule has 3 aromatic rings. The Bertz CT molecular complexity index is 1370. The van der Waals surface area contributed by atoms with Crippen LogP contribution in [-0.4, -0.2) is 29.5 Å². The summed E-state index contributed by atoms with van der Waals surface area (Å²) >= 11 is 0. The summed E-state index contributed by atoms with van der Waals surface area (Å²) in [6, 6.07) is 19.5. The SMILES string of the molecule is CC(C)[Si](C(C)C)(C(C)C)N1C(=O)c2cc(Nc3ccc(OCc4ccccc4)cc3)c([N+](=O)[O-])cc2C1=O. The molecule has 39 heavy (non-hydrogen) atoms. The number of rotatable bonds is 10. The third-order valence-corrected chi connectivity index (χ3v) is 14.5. The third-order valence-electron chi connectivity index (χ3n) is 7.74. The van der Waals surface area contributed by atoms with E-state index in [1.54, 1.807) is 24.3 Å². The number of nitrogens with zero attached hydrogens (tertiary/aromatic N) is 2. The summed E-state index contributed by atoms with van der Waals surface area (Å²) in [7, 11) is -2.66. The Morgan fingerprint density at radius 3 is 1.90 bits per heavy atom.